The number of rotatable bonds is 4. The number of hydrogen-bond acceptors (Lipinski definition) is 6. The molecular formula is C34H32N2O4. The zero-order valence-electron chi connectivity index (χ0n) is 23.2. The summed E-state index contributed by atoms with van der Waals surface area (Å²) in [5.41, 5.74) is 5.31. The van der Waals surface area contributed by atoms with Gasteiger partial charge in [0.2, 0.25) is 0 Å². The van der Waals surface area contributed by atoms with Crippen LogP contribution in [0.5, 0.6) is 5.75 Å². The van der Waals surface area contributed by atoms with Gasteiger partial charge in [-0.3, -0.25) is 14.4 Å². The predicted molar refractivity (Wildman–Crippen MR) is 156 cm³/mol. The van der Waals surface area contributed by atoms with Crippen LogP contribution in [0.2, 0.25) is 0 Å². The fourth-order valence-corrected chi connectivity index (χ4v) is 6.29. The second kappa shape index (κ2) is 9.63. The molecule has 0 bridgehead atoms. The Labute approximate surface area is 234 Å². The normalized spacial score (nSPS) is 19.5. The predicted octanol–water partition coefficient (Wildman–Crippen LogP) is 7.05. The standard InChI is InChI=1S/C34H32N2O4/c1-5-40-22-16-14-21(15-17-22)31-30-26(18-34(3,4)19-28(30)37)35-25-12-8-9-13-27(25)36(31)20(2)29-32(38)23-10-6-7-11-24(23)33(29)39/h6-17,31,35H,5,18-19H2,1-4H3/t31-/m1/s1. The van der Waals surface area contributed by atoms with E-state index >= 15 is 0 Å². The summed E-state index contributed by atoms with van der Waals surface area (Å²) in [6.45, 7) is 8.52. The lowest BCUT2D eigenvalue weighted by atomic mass is 9.73. The number of nitrogens with one attached hydrogen (secondary N) is 1. The van der Waals surface area contributed by atoms with E-state index in [9.17, 15) is 14.4 Å². The van der Waals surface area contributed by atoms with Crippen molar-refractivity contribution in [3.63, 3.8) is 0 Å². The van der Waals surface area contributed by atoms with Crippen LogP contribution in [-0.2, 0) is 4.79 Å². The van der Waals surface area contributed by atoms with Crippen molar-refractivity contribution in [1.29, 1.82) is 0 Å². The molecule has 0 unspecified atom stereocenters. The first-order valence-corrected chi connectivity index (χ1v) is 13.7. The Kier molecular flexibility index (Phi) is 6.21. The molecule has 3 aliphatic rings. The van der Waals surface area contributed by atoms with Gasteiger partial charge in [0.25, 0.3) is 0 Å². The third kappa shape index (κ3) is 4.15. The maximum atomic E-state index is 14.0. The Morgan fingerprint density at radius 3 is 2.17 bits per heavy atom. The number of para-hydroxylation sites is 2. The molecule has 3 aromatic carbocycles. The first-order valence-electron chi connectivity index (χ1n) is 13.7. The minimum Gasteiger partial charge on any atom is -0.494 e. The highest BCUT2D eigenvalue weighted by Crippen LogP contribution is 2.50. The molecule has 1 N–H and O–H groups in total. The Balaban J connectivity index is 1.63. The minimum absolute atomic E-state index is 0.0561. The molecule has 202 valence electrons. The summed E-state index contributed by atoms with van der Waals surface area (Å²) < 4.78 is 5.70. The largest absolute Gasteiger partial charge is 0.494 e. The van der Waals surface area contributed by atoms with E-state index in [1.54, 1.807) is 24.3 Å². The molecule has 0 amide bonds. The summed E-state index contributed by atoms with van der Waals surface area (Å²) in [7, 11) is 0. The van der Waals surface area contributed by atoms with Gasteiger partial charge < -0.3 is 15.0 Å². The van der Waals surface area contributed by atoms with Gasteiger partial charge in [-0.1, -0.05) is 62.4 Å². The Morgan fingerprint density at radius 1 is 0.900 bits per heavy atom. The van der Waals surface area contributed by atoms with Crippen LogP contribution in [-0.4, -0.2) is 24.0 Å². The van der Waals surface area contributed by atoms with Crippen LogP contribution in [0.15, 0.2) is 95.3 Å². The van der Waals surface area contributed by atoms with Crippen molar-refractivity contribution in [2.24, 2.45) is 5.41 Å². The number of carbonyl (C=O) groups excluding carboxylic acids is 3. The third-order valence-electron chi connectivity index (χ3n) is 8.00. The van der Waals surface area contributed by atoms with E-state index in [1.807, 2.05) is 67.3 Å². The molecule has 6 heteroatoms. The van der Waals surface area contributed by atoms with Gasteiger partial charge in [-0.15, -0.1) is 0 Å². The number of benzene rings is 3. The van der Waals surface area contributed by atoms with Crippen LogP contribution in [0.3, 0.4) is 0 Å². The summed E-state index contributed by atoms with van der Waals surface area (Å²) in [5, 5.41) is 3.59. The summed E-state index contributed by atoms with van der Waals surface area (Å²) in [6.07, 6.45) is 1.10. The molecule has 6 rings (SSSR count). The van der Waals surface area contributed by atoms with E-state index in [1.165, 1.54) is 0 Å². The summed E-state index contributed by atoms with van der Waals surface area (Å²) >= 11 is 0. The molecule has 1 aliphatic heterocycles. The van der Waals surface area contributed by atoms with Gasteiger partial charge in [0.1, 0.15) is 5.75 Å². The second-order valence-electron chi connectivity index (χ2n) is 11.4. The highest BCUT2D eigenvalue weighted by atomic mass is 16.5. The molecule has 0 saturated carbocycles. The molecule has 6 nitrogen and oxygen atoms in total. The van der Waals surface area contributed by atoms with Gasteiger partial charge in [0.05, 0.1) is 29.6 Å². The zero-order chi connectivity index (χ0) is 28.2. The maximum Gasteiger partial charge on any atom is 0.199 e. The topological polar surface area (TPSA) is 75.7 Å². The van der Waals surface area contributed by atoms with Gasteiger partial charge in [0.15, 0.2) is 17.3 Å². The van der Waals surface area contributed by atoms with Crippen molar-refractivity contribution in [3.8, 4) is 5.75 Å². The summed E-state index contributed by atoms with van der Waals surface area (Å²) in [6, 6.07) is 22.0. The van der Waals surface area contributed by atoms with Crippen LogP contribution in [0.4, 0.5) is 11.4 Å². The number of ketones is 3. The van der Waals surface area contributed by atoms with Crippen LogP contribution in [0, 0.1) is 5.41 Å². The van der Waals surface area contributed by atoms with Gasteiger partial charge in [-0.05, 0) is 55.5 Å². The van der Waals surface area contributed by atoms with E-state index in [0.717, 1.165) is 28.4 Å². The molecule has 2 aliphatic carbocycles. The Bertz CT molecular complexity index is 1590. The highest BCUT2D eigenvalue weighted by molar-refractivity contribution is 6.40. The molecule has 0 aromatic heterocycles. The van der Waals surface area contributed by atoms with Gasteiger partial charge in [-0.25, -0.2) is 0 Å². The van der Waals surface area contributed by atoms with Crippen LogP contribution in [0.1, 0.15) is 72.9 Å². The lowest BCUT2D eigenvalue weighted by Gasteiger charge is -2.38. The molecule has 0 spiro atoms. The number of nitrogens with zero attached hydrogens (tertiary/aromatic N) is 1. The number of ether oxygens (including phenoxy) is 1. The molecule has 1 atom stereocenters. The molecule has 0 radical (unpaired) electrons. The fourth-order valence-electron chi connectivity index (χ4n) is 6.29. The lowest BCUT2D eigenvalue weighted by molar-refractivity contribution is -0.118. The minimum atomic E-state index is -0.553. The number of carbonyl (C=O) groups is 3. The van der Waals surface area contributed by atoms with E-state index in [4.69, 9.17) is 4.74 Å². The van der Waals surface area contributed by atoms with Crippen LogP contribution in [0.25, 0.3) is 0 Å². The van der Waals surface area contributed by atoms with E-state index < -0.39 is 6.04 Å². The smallest absolute Gasteiger partial charge is 0.199 e. The fraction of sp³-hybridized carbons (Fsp3) is 0.265. The number of anilines is 2. The summed E-state index contributed by atoms with van der Waals surface area (Å²) in [5.74, 6) is 0.217. The van der Waals surface area contributed by atoms with Crippen LogP contribution >= 0.6 is 0 Å². The van der Waals surface area contributed by atoms with Gasteiger partial charge >= 0.3 is 0 Å². The monoisotopic (exact) mass is 532 g/mol. The molecule has 3 aromatic rings. The first-order chi connectivity index (χ1) is 19.2. The number of Topliss-reactive ketones (excluding diaryl/α,β-unsaturated/α-hetero) is 3. The van der Waals surface area contributed by atoms with E-state index in [2.05, 4.69) is 19.2 Å². The third-order valence-corrected chi connectivity index (χ3v) is 8.00. The molecule has 0 saturated heterocycles. The average molecular weight is 533 g/mol. The zero-order valence-corrected chi connectivity index (χ0v) is 23.2. The second-order valence-corrected chi connectivity index (χ2v) is 11.4. The van der Waals surface area contributed by atoms with Crippen molar-refractivity contribution in [2.45, 2.75) is 46.6 Å². The SMILES string of the molecule is CCOc1ccc([C@@H]2C3=C(CC(C)(C)CC3=O)Nc3ccccc3N2C(C)=C2C(=O)c3ccccc3C2=O)cc1. The maximum absolute atomic E-state index is 14.0. The number of fused-ring (bicyclic) bond motifs is 2. The first kappa shape index (κ1) is 25.8. The van der Waals surface area contributed by atoms with Crippen molar-refractivity contribution in [1.82, 2.24) is 0 Å². The highest BCUT2D eigenvalue weighted by Gasteiger charge is 2.44. The van der Waals surface area contributed by atoms with E-state index in [-0.39, 0.29) is 28.3 Å². The van der Waals surface area contributed by atoms with Crippen molar-refractivity contribution < 1.29 is 19.1 Å². The molecule has 0 fully saturated rings. The van der Waals surface area contributed by atoms with Crippen molar-refractivity contribution >= 4 is 28.7 Å². The quantitative estimate of drug-likeness (QED) is 0.287. The Morgan fingerprint density at radius 2 is 1.52 bits per heavy atom. The molecular weight excluding hydrogens is 500 g/mol. The molecule has 40 heavy (non-hydrogen) atoms. The average Bonchev–Trinajstić information content (AvgIpc) is 3.08. The molecule has 1 heterocycles. The Hall–Kier alpha value is -4.45. The van der Waals surface area contributed by atoms with Crippen molar-refractivity contribution in [2.75, 3.05) is 16.8 Å². The summed E-state index contributed by atoms with van der Waals surface area (Å²) in [4.78, 5) is 43.3. The number of allylic oxidation sites excluding steroid dienone is 3. The van der Waals surface area contributed by atoms with E-state index in [0.29, 0.717) is 41.8 Å². The number of hydrogen-bond donors (Lipinski definition) is 1. The lowest BCUT2D eigenvalue weighted by Crippen LogP contribution is -2.36. The van der Waals surface area contributed by atoms with Crippen LogP contribution < -0.4 is 15.0 Å². The van der Waals surface area contributed by atoms with Crippen molar-refractivity contribution in [3.05, 3.63) is 112 Å². The van der Waals surface area contributed by atoms with Gasteiger partial charge in [0, 0.05) is 34.5 Å². The van der Waals surface area contributed by atoms with Gasteiger partial charge in [-0.2, -0.15) is 0 Å².